The Hall–Kier alpha value is -1.16. The van der Waals surface area contributed by atoms with Gasteiger partial charge in [-0.15, -0.1) is 6.58 Å². The Morgan fingerprint density at radius 1 is 1.50 bits per heavy atom. The van der Waals surface area contributed by atoms with Crippen molar-refractivity contribution in [1.82, 2.24) is 4.90 Å². The van der Waals surface area contributed by atoms with Crippen LogP contribution in [0.1, 0.15) is 26.7 Å². The maximum Gasteiger partial charge on any atom is 0.232 e. The fourth-order valence-corrected chi connectivity index (χ4v) is 1.59. The monoisotopic (exact) mass is 225 g/mol. The highest BCUT2D eigenvalue weighted by molar-refractivity contribution is 6.03. The Labute approximate surface area is 96.3 Å². The zero-order chi connectivity index (χ0) is 12.1. The fourth-order valence-electron chi connectivity index (χ4n) is 1.59. The minimum absolute atomic E-state index is 0.0755. The van der Waals surface area contributed by atoms with Gasteiger partial charge in [-0.2, -0.15) is 0 Å². The van der Waals surface area contributed by atoms with E-state index in [1.54, 1.807) is 6.92 Å². The fraction of sp³-hybridized carbons (Fsp3) is 0.667. The molecule has 1 aliphatic rings. The molecule has 4 heteroatoms. The summed E-state index contributed by atoms with van der Waals surface area (Å²) in [5, 5.41) is 0. The molecule has 1 aliphatic heterocycles. The maximum absolute atomic E-state index is 11.5. The van der Waals surface area contributed by atoms with Crippen LogP contribution in [0, 0.1) is 5.92 Å². The van der Waals surface area contributed by atoms with E-state index < -0.39 is 0 Å². The van der Waals surface area contributed by atoms with Gasteiger partial charge in [0.05, 0.1) is 19.8 Å². The van der Waals surface area contributed by atoms with E-state index in [1.807, 2.05) is 6.92 Å². The molecule has 2 amide bonds. The zero-order valence-electron chi connectivity index (χ0n) is 9.99. The minimum atomic E-state index is -0.164. The predicted molar refractivity (Wildman–Crippen MR) is 60.8 cm³/mol. The van der Waals surface area contributed by atoms with Crippen LogP contribution in [0.2, 0.25) is 0 Å². The SMILES string of the molecule is C=C(C)CCOCCN1C(=O)CC(C)C1=O. The largest absolute Gasteiger partial charge is 0.379 e. The lowest BCUT2D eigenvalue weighted by atomic mass is 10.1. The number of likely N-dealkylation sites (tertiary alicyclic amines) is 1. The molecule has 0 aromatic rings. The van der Waals surface area contributed by atoms with E-state index in [0.717, 1.165) is 12.0 Å². The highest BCUT2D eigenvalue weighted by atomic mass is 16.5. The van der Waals surface area contributed by atoms with Crippen molar-refractivity contribution in [2.24, 2.45) is 5.92 Å². The van der Waals surface area contributed by atoms with Crippen molar-refractivity contribution < 1.29 is 14.3 Å². The number of carbonyl (C=O) groups is 2. The van der Waals surface area contributed by atoms with Crippen molar-refractivity contribution in [2.45, 2.75) is 26.7 Å². The third-order valence-electron chi connectivity index (χ3n) is 2.60. The highest BCUT2D eigenvalue weighted by Gasteiger charge is 2.34. The molecule has 0 spiro atoms. The van der Waals surface area contributed by atoms with Crippen LogP contribution in [0.3, 0.4) is 0 Å². The van der Waals surface area contributed by atoms with Gasteiger partial charge in [-0.25, -0.2) is 0 Å². The summed E-state index contributed by atoms with van der Waals surface area (Å²) in [7, 11) is 0. The van der Waals surface area contributed by atoms with Gasteiger partial charge in [-0.05, 0) is 13.3 Å². The number of rotatable bonds is 6. The molecule has 1 atom stereocenters. The second kappa shape index (κ2) is 5.80. The third kappa shape index (κ3) is 3.45. The number of nitrogens with zero attached hydrogens (tertiary/aromatic N) is 1. The average Bonchev–Trinajstić information content (AvgIpc) is 2.43. The van der Waals surface area contributed by atoms with Gasteiger partial charge in [0, 0.05) is 12.3 Å². The Morgan fingerprint density at radius 3 is 2.69 bits per heavy atom. The number of ether oxygens (including phenoxy) is 1. The minimum Gasteiger partial charge on any atom is -0.379 e. The summed E-state index contributed by atoms with van der Waals surface area (Å²) in [6.45, 7) is 8.87. The van der Waals surface area contributed by atoms with E-state index in [1.165, 1.54) is 4.90 Å². The van der Waals surface area contributed by atoms with Gasteiger partial charge in [-0.1, -0.05) is 12.5 Å². The lowest BCUT2D eigenvalue weighted by molar-refractivity contribution is -0.140. The van der Waals surface area contributed by atoms with Crippen LogP contribution in [0.25, 0.3) is 0 Å². The van der Waals surface area contributed by atoms with Crippen molar-refractivity contribution in [3.8, 4) is 0 Å². The van der Waals surface area contributed by atoms with E-state index in [9.17, 15) is 9.59 Å². The molecule has 0 saturated carbocycles. The van der Waals surface area contributed by atoms with Gasteiger partial charge in [0.25, 0.3) is 0 Å². The van der Waals surface area contributed by atoms with Crippen LogP contribution in [0.5, 0.6) is 0 Å². The van der Waals surface area contributed by atoms with E-state index in [0.29, 0.717) is 26.2 Å². The summed E-state index contributed by atoms with van der Waals surface area (Å²) in [6.07, 6.45) is 1.16. The molecule has 0 aromatic heterocycles. The normalized spacial score (nSPS) is 20.6. The smallest absolute Gasteiger partial charge is 0.232 e. The third-order valence-corrected chi connectivity index (χ3v) is 2.60. The molecule has 1 fully saturated rings. The van der Waals surface area contributed by atoms with Crippen LogP contribution >= 0.6 is 0 Å². The molecule has 4 nitrogen and oxygen atoms in total. The van der Waals surface area contributed by atoms with E-state index in [4.69, 9.17) is 4.74 Å². The van der Waals surface area contributed by atoms with Gasteiger partial charge >= 0.3 is 0 Å². The quantitative estimate of drug-likeness (QED) is 0.389. The van der Waals surface area contributed by atoms with E-state index >= 15 is 0 Å². The molecule has 0 aromatic carbocycles. The Kier molecular flexibility index (Phi) is 4.68. The van der Waals surface area contributed by atoms with Crippen LogP contribution in [0.15, 0.2) is 12.2 Å². The molecule has 90 valence electrons. The lowest BCUT2D eigenvalue weighted by Gasteiger charge is -2.14. The summed E-state index contributed by atoms with van der Waals surface area (Å²) < 4.78 is 5.33. The number of carbonyl (C=O) groups excluding carboxylic acids is 2. The summed E-state index contributed by atoms with van der Waals surface area (Å²) in [5.74, 6) is -0.322. The Morgan fingerprint density at radius 2 is 2.19 bits per heavy atom. The van der Waals surface area contributed by atoms with Gasteiger partial charge < -0.3 is 4.74 Å². The first-order chi connectivity index (χ1) is 7.52. The van der Waals surface area contributed by atoms with Crippen LogP contribution < -0.4 is 0 Å². The molecule has 0 radical (unpaired) electrons. The van der Waals surface area contributed by atoms with Crippen molar-refractivity contribution in [1.29, 1.82) is 0 Å². The second-order valence-corrected chi connectivity index (χ2v) is 4.31. The molecule has 0 bridgehead atoms. The predicted octanol–water partition coefficient (Wildman–Crippen LogP) is 1.36. The van der Waals surface area contributed by atoms with Gasteiger partial charge in [0.1, 0.15) is 0 Å². The molecular formula is C12H19NO3. The second-order valence-electron chi connectivity index (χ2n) is 4.31. The molecule has 0 N–H and O–H groups in total. The maximum atomic E-state index is 11.5. The van der Waals surface area contributed by atoms with Crippen molar-refractivity contribution in [2.75, 3.05) is 19.8 Å². The molecule has 1 saturated heterocycles. The molecule has 1 rings (SSSR count). The van der Waals surface area contributed by atoms with Crippen LogP contribution in [-0.4, -0.2) is 36.5 Å². The zero-order valence-corrected chi connectivity index (χ0v) is 9.99. The Bertz CT molecular complexity index is 299. The number of hydrogen-bond donors (Lipinski definition) is 0. The van der Waals surface area contributed by atoms with Crippen molar-refractivity contribution >= 4 is 11.8 Å². The lowest BCUT2D eigenvalue weighted by Crippen LogP contribution is -2.33. The summed E-state index contributed by atoms with van der Waals surface area (Å²) in [4.78, 5) is 24.2. The average molecular weight is 225 g/mol. The van der Waals surface area contributed by atoms with Crippen LogP contribution in [0.4, 0.5) is 0 Å². The first-order valence-electron chi connectivity index (χ1n) is 5.58. The van der Waals surface area contributed by atoms with E-state index in [2.05, 4.69) is 6.58 Å². The molecule has 1 heterocycles. The van der Waals surface area contributed by atoms with Crippen molar-refractivity contribution in [3.05, 3.63) is 12.2 Å². The molecule has 0 aliphatic carbocycles. The molecule has 16 heavy (non-hydrogen) atoms. The standard InChI is InChI=1S/C12H19NO3/c1-9(2)4-6-16-7-5-13-11(14)8-10(3)12(13)15/h10H,1,4-8H2,2-3H3. The molecular weight excluding hydrogens is 206 g/mol. The Balaban J connectivity index is 2.20. The van der Waals surface area contributed by atoms with Crippen LogP contribution in [-0.2, 0) is 14.3 Å². The summed E-state index contributed by atoms with van der Waals surface area (Å²) in [6, 6.07) is 0. The number of amides is 2. The summed E-state index contributed by atoms with van der Waals surface area (Å²) in [5.41, 5.74) is 1.07. The molecule has 1 unspecified atom stereocenters. The first-order valence-corrected chi connectivity index (χ1v) is 5.58. The van der Waals surface area contributed by atoms with Gasteiger partial charge in [0.15, 0.2) is 0 Å². The summed E-state index contributed by atoms with van der Waals surface area (Å²) >= 11 is 0. The van der Waals surface area contributed by atoms with Crippen molar-refractivity contribution in [3.63, 3.8) is 0 Å². The topological polar surface area (TPSA) is 46.6 Å². The van der Waals surface area contributed by atoms with Gasteiger partial charge in [0.2, 0.25) is 11.8 Å². The van der Waals surface area contributed by atoms with E-state index in [-0.39, 0.29) is 17.7 Å². The van der Waals surface area contributed by atoms with Gasteiger partial charge in [-0.3, -0.25) is 14.5 Å². The highest BCUT2D eigenvalue weighted by Crippen LogP contribution is 2.17. The number of hydrogen-bond acceptors (Lipinski definition) is 3. The first kappa shape index (κ1) is 12.9. The number of imide groups is 1.